The van der Waals surface area contributed by atoms with Gasteiger partial charge >= 0.3 is 0 Å². The van der Waals surface area contributed by atoms with E-state index in [9.17, 15) is 8.42 Å². The van der Waals surface area contributed by atoms with Crippen molar-refractivity contribution in [2.24, 2.45) is 11.7 Å². The third kappa shape index (κ3) is 4.50. The Morgan fingerprint density at radius 2 is 2.24 bits per heavy atom. The maximum absolute atomic E-state index is 12.4. The number of hydrogen-bond acceptors (Lipinski definition) is 5. The van der Waals surface area contributed by atoms with Crippen molar-refractivity contribution < 1.29 is 13.2 Å². The largest absolute Gasteiger partial charge is 0.381 e. The first-order valence-corrected chi connectivity index (χ1v) is 8.84. The molecule has 21 heavy (non-hydrogen) atoms. The molecule has 1 saturated heterocycles. The number of aryl methyl sites for hydroxylation is 1. The van der Waals surface area contributed by atoms with Crippen LogP contribution < -0.4 is 10.5 Å². The third-order valence-corrected chi connectivity index (χ3v) is 5.34. The minimum atomic E-state index is -3.52. The Hall–Kier alpha value is -0.960. The molecular formula is C13H24N4O3S. The Bertz CT molecular complexity index is 537. The summed E-state index contributed by atoms with van der Waals surface area (Å²) in [6, 6.07) is -0.105. The van der Waals surface area contributed by atoms with E-state index >= 15 is 0 Å². The fourth-order valence-corrected chi connectivity index (χ4v) is 3.75. The summed E-state index contributed by atoms with van der Waals surface area (Å²) in [5.41, 5.74) is 5.44. The first-order valence-electron chi connectivity index (χ1n) is 7.35. The molecule has 1 aliphatic heterocycles. The van der Waals surface area contributed by atoms with E-state index in [4.69, 9.17) is 10.5 Å². The van der Waals surface area contributed by atoms with E-state index < -0.39 is 10.0 Å². The highest BCUT2D eigenvalue weighted by molar-refractivity contribution is 7.89. The summed E-state index contributed by atoms with van der Waals surface area (Å²) in [6.07, 6.45) is 5.48. The van der Waals surface area contributed by atoms with Crippen LogP contribution in [0.3, 0.4) is 0 Å². The molecule has 7 nitrogen and oxygen atoms in total. The zero-order valence-electron chi connectivity index (χ0n) is 12.4. The third-order valence-electron chi connectivity index (χ3n) is 3.83. The summed E-state index contributed by atoms with van der Waals surface area (Å²) in [5, 5.41) is 4.06. The molecule has 2 heterocycles. The molecule has 0 aliphatic carbocycles. The molecule has 3 N–H and O–H groups in total. The van der Waals surface area contributed by atoms with Crippen molar-refractivity contribution >= 4 is 10.0 Å². The van der Waals surface area contributed by atoms with Crippen molar-refractivity contribution in [3.63, 3.8) is 0 Å². The zero-order valence-corrected chi connectivity index (χ0v) is 13.2. The van der Waals surface area contributed by atoms with Gasteiger partial charge in [0.05, 0.1) is 6.20 Å². The van der Waals surface area contributed by atoms with Crippen LogP contribution in [-0.4, -0.2) is 44.0 Å². The lowest BCUT2D eigenvalue weighted by Gasteiger charge is -2.27. The molecule has 2 rings (SSSR count). The van der Waals surface area contributed by atoms with Crippen LogP contribution >= 0.6 is 0 Å². The van der Waals surface area contributed by atoms with E-state index in [0.29, 0.717) is 32.2 Å². The fraction of sp³-hybridized carbons (Fsp3) is 0.769. The van der Waals surface area contributed by atoms with Crippen LogP contribution in [0.5, 0.6) is 0 Å². The summed E-state index contributed by atoms with van der Waals surface area (Å²) in [5.74, 6) is 0.320. The molecule has 1 aromatic heterocycles. The average Bonchev–Trinajstić information content (AvgIpc) is 2.95. The van der Waals surface area contributed by atoms with Gasteiger partial charge in [0, 0.05) is 32.0 Å². The van der Waals surface area contributed by atoms with E-state index in [1.807, 2.05) is 6.92 Å². The molecule has 1 aromatic rings. The van der Waals surface area contributed by atoms with Crippen molar-refractivity contribution in [3.05, 3.63) is 12.4 Å². The van der Waals surface area contributed by atoms with Crippen molar-refractivity contribution in [2.75, 3.05) is 19.8 Å². The SMILES string of the molecule is CC(NS(=O)(=O)c1cnn(CCCN)c1)C1CCOCC1. The first-order chi connectivity index (χ1) is 10.0. The van der Waals surface area contributed by atoms with E-state index in [1.54, 1.807) is 10.9 Å². The maximum atomic E-state index is 12.4. The quantitative estimate of drug-likeness (QED) is 0.755. The number of ether oxygens (including phenoxy) is 1. The van der Waals surface area contributed by atoms with Gasteiger partial charge < -0.3 is 10.5 Å². The second-order valence-electron chi connectivity index (χ2n) is 5.44. The zero-order chi connectivity index (χ0) is 15.3. The molecule has 0 saturated carbocycles. The van der Waals surface area contributed by atoms with E-state index in [0.717, 1.165) is 19.3 Å². The molecule has 1 atom stereocenters. The van der Waals surface area contributed by atoms with Crippen LogP contribution in [0, 0.1) is 5.92 Å². The van der Waals surface area contributed by atoms with Crippen molar-refractivity contribution in [3.8, 4) is 0 Å². The normalized spacial score (nSPS) is 18.8. The van der Waals surface area contributed by atoms with Crippen LogP contribution in [0.15, 0.2) is 17.3 Å². The number of hydrogen-bond donors (Lipinski definition) is 2. The summed E-state index contributed by atoms with van der Waals surface area (Å²) < 4.78 is 34.4. The highest BCUT2D eigenvalue weighted by Gasteiger charge is 2.26. The van der Waals surface area contributed by atoms with Gasteiger partial charge in [0.25, 0.3) is 0 Å². The Morgan fingerprint density at radius 3 is 2.90 bits per heavy atom. The van der Waals surface area contributed by atoms with E-state index in [2.05, 4.69) is 9.82 Å². The van der Waals surface area contributed by atoms with Gasteiger partial charge in [0.2, 0.25) is 10.0 Å². The second kappa shape index (κ2) is 7.35. The fourth-order valence-electron chi connectivity index (χ4n) is 2.48. The van der Waals surface area contributed by atoms with Gasteiger partial charge in [-0.25, -0.2) is 13.1 Å². The highest BCUT2D eigenvalue weighted by atomic mass is 32.2. The number of nitrogens with one attached hydrogen (secondary N) is 1. The van der Waals surface area contributed by atoms with Gasteiger partial charge in [-0.15, -0.1) is 0 Å². The monoisotopic (exact) mass is 316 g/mol. The molecule has 0 radical (unpaired) electrons. The molecule has 0 amide bonds. The Morgan fingerprint density at radius 1 is 1.52 bits per heavy atom. The Labute approximate surface area is 125 Å². The summed E-state index contributed by atoms with van der Waals surface area (Å²) in [7, 11) is -3.52. The average molecular weight is 316 g/mol. The van der Waals surface area contributed by atoms with Crippen LogP contribution in [0.4, 0.5) is 0 Å². The van der Waals surface area contributed by atoms with E-state index in [-0.39, 0.29) is 10.9 Å². The lowest BCUT2D eigenvalue weighted by atomic mass is 9.94. The van der Waals surface area contributed by atoms with Gasteiger partial charge in [0.15, 0.2) is 0 Å². The molecule has 1 aliphatic rings. The topological polar surface area (TPSA) is 99.2 Å². The molecule has 1 unspecified atom stereocenters. The van der Waals surface area contributed by atoms with Gasteiger partial charge in [-0.2, -0.15) is 5.10 Å². The predicted octanol–water partition coefficient (Wildman–Crippen LogP) is 0.325. The smallest absolute Gasteiger partial charge is 0.243 e. The number of nitrogens with two attached hydrogens (primary N) is 1. The molecule has 0 spiro atoms. The molecule has 120 valence electrons. The lowest BCUT2D eigenvalue weighted by molar-refractivity contribution is 0.0585. The molecular weight excluding hydrogens is 292 g/mol. The summed E-state index contributed by atoms with van der Waals surface area (Å²) >= 11 is 0. The number of rotatable bonds is 7. The number of sulfonamides is 1. The molecule has 0 bridgehead atoms. The van der Waals surface area contributed by atoms with Crippen molar-refractivity contribution in [2.45, 2.75) is 43.7 Å². The van der Waals surface area contributed by atoms with Crippen LogP contribution in [0.1, 0.15) is 26.2 Å². The number of aromatic nitrogens is 2. The highest BCUT2D eigenvalue weighted by Crippen LogP contribution is 2.20. The van der Waals surface area contributed by atoms with Gasteiger partial charge in [-0.1, -0.05) is 0 Å². The Kier molecular flexibility index (Phi) is 5.74. The minimum Gasteiger partial charge on any atom is -0.381 e. The predicted molar refractivity (Wildman–Crippen MR) is 79.2 cm³/mol. The molecule has 8 heteroatoms. The molecule has 0 aromatic carbocycles. The van der Waals surface area contributed by atoms with Gasteiger partial charge in [-0.3, -0.25) is 4.68 Å². The lowest BCUT2D eigenvalue weighted by Crippen LogP contribution is -2.40. The van der Waals surface area contributed by atoms with Gasteiger partial charge in [-0.05, 0) is 38.6 Å². The van der Waals surface area contributed by atoms with Crippen LogP contribution in [0.25, 0.3) is 0 Å². The maximum Gasteiger partial charge on any atom is 0.243 e. The Balaban J connectivity index is 1.98. The summed E-state index contributed by atoms with van der Waals surface area (Å²) in [4.78, 5) is 0.207. The van der Waals surface area contributed by atoms with Crippen LogP contribution in [0.2, 0.25) is 0 Å². The van der Waals surface area contributed by atoms with E-state index in [1.165, 1.54) is 6.20 Å². The number of nitrogens with zero attached hydrogens (tertiary/aromatic N) is 2. The standard InChI is InChI=1S/C13H24N4O3S/c1-11(12-3-7-20-8-4-12)16-21(18,19)13-9-15-17(10-13)6-2-5-14/h9-12,16H,2-8,14H2,1H3. The second-order valence-corrected chi connectivity index (χ2v) is 7.16. The minimum absolute atomic E-state index is 0.105. The van der Waals surface area contributed by atoms with Gasteiger partial charge in [0.1, 0.15) is 4.90 Å². The molecule has 1 fully saturated rings. The van der Waals surface area contributed by atoms with Crippen LogP contribution in [-0.2, 0) is 21.3 Å². The summed E-state index contributed by atoms with van der Waals surface area (Å²) in [6.45, 7) is 4.50. The van der Waals surface area contributed by atoms with Crippen molar-refractivity contribution in [1.29, 1.82) is 0 Å². The first kappa shape index (κ1) is 16.4. The van der Waals surface area contributed by atoms with Crippen molar-refractivity contribution in [1.82, 2.24) is 14.5 Å².